The Kier molecular flexibility index (Phi) is 2.83. The van der Waals surface area contributed by atoms with Crippen molar-refractivity contribution >= 4 is 10.9 Å². The second-order valence-corrected chi connectivity index (χ2v) is 4.44. The largest absolute Gasteiger partial charge is 0.278 e. The molecule has 0 saturated carbocycles. The number of aromatic nitrogens is 3. The van der Waals surface area contributed by atoms with E-state index in [0.717, 1.165) is 5.56 Å². The Hall–Kier alpha value is -2.49. The average molecular weight is 251 g/mol. The number of nitrogens with zero attached hydrogens (tertiary/aromatic N) is 3. The van der Waals surface area contributed by atoms with Crippen LogP contribution in [0, 0.1) is 0 Å². The first-order valence-electron chi connectivity index (χ1n) is 6.16. The second kappa shape index (κ2) is 4.65. The van der Waals surface area contributed by atoms with Gasteiger partial charge in [-0.3, -0.25) is 4.79 Å². The summed E-state index contributed by atoms with van der Waals surface area (Å²) < 4.78 is 1.43. The number of fused-ring (bicyclic) bond motifs is 1. The summed E-state index contributed by atoms with van der Waals surface area (Å²) >= 11 is 0. The van der Waals surface area contributed by atoms with Crippen molar-refractivity contribution in [3.8, 4) is 0 Å². The second-order valence-electron chi connectivity index (χ2n) is 4.44. The van der Waals surface area contributed by atoms with Crippen molar-refractivity contribution in [2.75, 3.05) is 0 Å². The van der Waals surface area contributed by atoms with E-state index in [4.69, 9.17) is 0 Å². The molecule has 0 spiro atoms. The molecule has 19 heavy (non-hydrogen) atoms. The molecule has 0 N–H and O–H groups in total. The van der Waals surface area contributed by atoms with Crippen LogP contribution in [0.5, 0.6) is 0 Å². The molecule has 0 fully saturated rings. The molecule has 4 heteroatoms. The minimum atomic E-state index is -0.134. The molecular weight excluding hydrogens is 238 g/mol. The summed E-state index contributed by atoms with van der Waals surface area (Å²) in [5, 5.41) is 8.74. The van der Waals surface area contributed by atoms with Gasteiger partial charge in [0.1, 0.15) is 5.52 Å². The molecule has 0 saturated heterocycles. The summed E-state index contributed by atoms with van der Waals surface area (Å²) in [5.74, 6) is 0. The Morgan fingerprint density at radius 3 is 2.47 bits per heavy atom. The molecule has 0 aliphatic carbocycles. The first-order chi connectivity index (χ1) is 9.27. The molecule has 0 amide bonds. The Morgan fingerprint density at radius 2 is 1.68 bits per heavy atom. The van der Waals surface area contributed by atoms with Crippen molar-refractivity contribution < 1.29 is 0 Å². The summed E-state index contributed by atoms with van der Waals surface area (Å²) in [6.07, 6.45) is 0. The van der Waals surface area contributed by atoms with Gasteiger partial charge in [0.05, 0.1) is 11.4 Å². The lowest BCUT2D eigenvalue weighted by Gasteiger charge is -2.13. The van der Waals surface area contributed by atoms with Crippen LogP contribution < -0.4 is 5.56 Å². The molecule has 0 aliphatic heterocycles. The van der Waals surface area contributed by atoms with E-state index in [1.54, 1.807) is 12.1 Å². The van der Waals surface area contributed by atoms with Crippen molar-refractivity contribution in [2.45, 2.75) is 13.0 Å². The van der Waals surface area contributed by atoms with Gasteiger partial charge in [-0.1, -0.05) is 47.7 Å². The standard InChI is InChI=1S/C15H13N3O/c1-11(12-7-3-2-4-8-12)18-15(19)13-9-5-6-10-14(13)16-17-18/h2-11H,1H3/t11-/m1/s1. The lowest BCUT2D eigenvalue weighted by Crippen LogP contribution is -2.27. The molecule has 1 atom stereocenters. The van der Waals surface area contributed by atoms with Gasteiger partial charge in [0.25, 0.3) is 5.56 Å². The first-order valence-corrected chi connectivity index (χ1v) is 6.16. The number of rotatable bonds is 2. The van der Waals surface area contributed by atoms with Crippen LogP contribution in [0.15, 0.2) is 59.4 Å². The van der Waals surface area contributed by atoms with E-state index >= 15 is 0 Å². The van der Waals surface area contributed by atoms with E-state index in [1.165, 1.54) is 4.68 Å². The highest BCUT2D eigenvalue weighted by atomic mass is 16.1. The van der Waals surface area contributed by atoms with Gasteiger partial charge in [0.15, 0.2) is 0 Å². The summed E-state index contributed by atoms with van der Waals surface area (Å²) in [7, 11) is 0. The maximum atomic E-state index is 12.4. The van der Waals surface area contributed by atoms with Crippen LogP contribution in [-0.4, -0.2) is 15.0 Å². The lowest BCUT2D eigenvalue weighted by molar-refractivity contribution is 0.508. The number of hydrogen-bond donors (Lipinski definition) is 0. The van der Waals surface area contributed by atoms with E-state index in [0.29, 0.717) is 10.9 Å². The highest BCUT2D eigenvalue weighted by Crippen LogP contribution is 2.15. The predicted molar refractivity (Wildman–Crippen MR) is 74.1 cm³/mol. The van der Waals surface area contributed by atoms with E-state index in [9.17, 15) is 4.79 Å². The molecule has 0 unspecified atom stereocenters. The summed E-state index contributed by atoms with van der Waals surface area (Å²) in [6, 6.07) is 16.9. The zero-order chi connectivity index (χ0) is 13.2. The summed E-state index contributed by atoms with van der Waals surface area (Å²) in [5.41, 5.74) is 1.56. The third-order valence-electron chi connectivity index (χ3n) is 3.24. The molecular formula is C15H13N3O. The maximum absolute atomic E-state index is 12.4. The fourth-order valence-corrected chi connectivity index (χ4v) is 2.13. The number of benzene rings is 2. The molecule has 3 aromatic rings. The van der Waals surface area contributed by atoms with Gasteiger partial charge in [-0.05, 0) is 24.6 Å². The maximum Gasteiger partial charge on any atom is 0.278 e. The van der Waals surface area contributed by atoms with Gasteiger partial charge in [-0.2, -0.15) is 0 Å². The van der Waals surface area contributed by atoms with Crippen molar-refractivity contribution in [2.24, 2.45) is 0 Å². The van der Waals surface area contributed by atoms with Crippen LogP contribution >= 0.6 is 0 Å². The minimum absolute atomic E-state index is 0.109. The van der Waals surface area contributed by atoms with Crippen LogP contribution in [0.2, 0.25) is 0 Å². The number of hydrogen-bond acceptors (Lipinski definition) is 3. The molecule has 1 aromatic heterocycles. The highest BCUT2D eigenvalue weighted by molar-refractivity contribution is 5.76. The van der Waals surface area contributed by atoms with Crippen molar-refractivity contribution in [1.29, 1.82) is 0 Å². The molecule has 94 valence electrons. The molecule has 0 radical (unpaired) electrons. The average Bonchev–Trinajstić information content (AvgIpc) is 2.48. The Labute approximate surface area is 110 Å². The van der Waals surface area contributed by atoms with Gasteiger partial charge in [0.2, 0.25) is 0 Å². The summed E-state index contributed by atoms with van der Waals surface area (Å²) in [6.45, 7) is 1.94. The molecule has 0 aliphatic rings. The van der Waals surface area contributed by atoms with E-state index < -0.39 is 0 Å². The Balaban J connectivity index is 2.16. The van der Waals surface area contributed by atoms with E-state index in [2.05, 4.69) is 10.3 Å². The van der Waals surface area contributed by atoms with Crippen LogP contribution in [0.25, 0.3) is 10.9 Å². The zero-order valence-electron chi connectivity index (χ0n) is 10.5. The van der Waals surface area contributed by atoms with Crippen LogP contribution in [0.3, 0.4) is 0 Å². The van der Waals surface area contributed by atoms with Gasteiger partial charge in [-0.25, -0.2) is 4.68 Å². The quantitative estimate of drug-likeness (QED) is 0.702. The third kappa shape index (κ3) is 2.01. The van der Waals surface area contributed by atoms with Crippen LogP contribution in [-0.2, 0) is 0 Å². The van der Waals surface area contributed by atoms with Crippen molar-refractivity contribution in [1.82, 2.24) is 15.0 Å². The third-order valence-corrected chi connectivity index (χ3v) is 3.24. The fourth-order valence-electron chi connectivity index (χ4n) is 2.13. The Morgan fingerprint density at radius 1 is 1.00 bits per heavy atom. The molecule has 3 rings (SSSR count). The van der Waals surface area contributed by atoms with E-state index in [1.807, 2.05) is 49.4 Å². The zero-order valence-corrected chi connectivity index (χ0v) is 10.5. The highest BCUT2D eigenvalue weighted by Gasteiger charge is 2.12. The molecule has 4 nitrogen and oxygen atoms in total. The van der Waals surface area contributed by atoms with Crippen LogP contribution in [0.4, 0.5) is 0 Å². The van der Waals surface area contributed by atoms with Gasteiger partial charge < -0.3 is 0 Å². The van der Waals surface area contributed by atoms with Crippen LogP contribution in [0.1, 0.15) is 18.5 Å². The SMILES string of the molecule is C[C@H](c1ccccc1)n1nnc2ccccc2c1=O. The van der Waals surface area contributed by atoms with Crippen molar-refractivity contribution in [3.63, 3.8) is 0 Å². The van der Waals surface area contributed by atoms with Gasteiger partial charge in [-0.15, -0.1) is 5.10 Å². The molecule has 1 heterocycles. The van der Waals surface area contributed by atoms with Gasteiger partial charge >= 0.3 is 0 Å². The monoisotopic (exact) mass is 251 g/mol. The van der Waals surface area contributed by atoms with Gasteiger partial charge in [0, 0.05) is 0 Å². The minimum Gasteiger partial charge on any atom is -0.267 e. The van der Waals surface area contributed by atoms with E-state index in [-0.39, 0.29) is 11.6 Å². The Bertz CT molecular complexity index is 765. The molecule has 2 aromatic carbocycles. The topological polar surface area (TPSA) is 47.8 Å². The summed E-state index contributed by atoms with van der Waals surface area (Å²) in [4.78, 5) is 12.4. The van der Waals surface area contributed by atoms with Crippen molar-refractivity contribution in [3.05, 3.63) is 70.5 Å². The normalized spacial score (nSPS) is 12.5. The fraction of sp³-hybridized carbons (Fsp3) is 0.133. The predicted octanol–water partition coefficient (Wildman–Crippen LogP) is 2.40. The molecule has 0 bridgehead atoms. The lowest BCUT2D eigenvalue weighted by atomic mass is 10.1. The smallest absolute Gasteiger partial charge is 0.267 e. The first kappa shape index (κ1) is 11.6.